The van der Waals surface area contributed by atoms with Crippen molar-refractivity contribution in [3.63, 3.8) is 0 Å². The minimum Gasteiger partial charge on any atom is -0.465 e. The summed E-state index contributed by atoms with van der Waals surface area (Å²) in [5, 5.41) is 10.9. The Hall–Kier alpha value is -1.88. The van der Waals surface area contributed by atoms with Crippen molar-refractivity contribution in [2.24, 2.45) is 0 Å². The molecule has 0 aliphatic heterocycles. The zero-order valence-corrected chi connectivity index (χ0v) is 10.5. The zero-order chi connectivity index (χ0) is 13.5. The maximum absolute atomic E-state index is 11.3. The van der Waals surface area contributed by atoms with Crippen LogP contribution >= 0.6 is 11.6 Å². The first-order chi connectivity index (χ1) is 8.60. The number of esters is 1. The van der Waals surface area contributed by atoms with Crippen LogP contribution in [-0.2, 0) is 4.74 Å². The molecule has 0 bridgehead atoms. The third kappa shape index (κ3) is 3.56. The molecule has 0 heterocycles. The van der Waals surface area contributed by atoms with Crippen molar-refractivity contribution in [2.75, 3.05) is 13.0 Å². The lowest BCUT2D eigenvalue weighted by Crippen LogP contribution is -2.02. The molecular weight excluding hydrogens is 258 g/mol. The van der Waals surface area contributed by atoms with Crippen LogP contribution in [0.3, 0.4) is 0 Å². The van der Waals surface area contributed by atoms with Gasteiger partial charge in [-0.25, -0.2) is 4.79 Å². The van der Waals surface area contributed by atoms with Crippen LogP contribution in [0.1, 0.15) is 22.3 Å². The Morgan fingerprint density at radius 3 is 2.83 bits per heavy atom. The number of nitro benzene ring substituents is 1. The van der Waals surface area contributed by atoms with Crippen LogP contribution in [0, 0.1) is 10.1 Å². The largest absolute Gasteiger partial charge is 0.465 e. The summed E-state index contributed by atoms with van der Waals surface area (Å²) < 4.78 is 4.51. The summed E-state index contributed by atoms with van der Waals surface area (Å²) in [5.41, 5.74) is 0.445. The first kappa shape index (κ1) is 14.2. The highest BCUT2D eigenvalue weighted by Crippen LogP contribution is 2.22. The highest BCUT2D eigenvalue weighted by molar-refractivity contribution is 6.17. The molecule has 0 fully saturated rings. The Labute approximate surface area is 109 Å². The highest BCUT2D eigenvalue weighted by Gasteiger charge is 2.16. The van der Waals surface area contributed by atoms with E-state index < -0.39 is 10.9 Å². The number of hydrogen-bond acceptors (Lipinski definition) is 4. The van der Waals surface area contributed by atoms with Crippen LogP contribution in [-0.4, -0.2) is 23.9 Å². The molecule has 0 aromatic heterocycles. The van der Waals surface area contributed by atoms with Gasteiger partial charge in [-0.3, -0.25) is 10.1 Å². The summed E-state index contributed by atoms with van der Waals surface area (Å²) in [5.74, 6) is -0.153. The molecule has 0 amide bonds. The fourth-order valence-electron chi connectivity index (χ4n) is 1.36. The highest BCUT2D eigenvalue weighted by atomic mass is 35.5. The summed E-state index contributed by atoms with van der Waals surface area (Å²) in [7, 11) is 1.22. The van der Waals surface area contributed by atoms with E-state index in [4.69, 9.17) is 11.6 Å². The van der Waals surface area contributed by atoms with Crippen LogP contribution in [0.4, 0.5) is 5.69 Å². The number of carbonyl (C=O) groups is 1. The van der Waals surface area contributed by atoms with Crippen molar-refractivity contribution in [1.29, 1.82) is 0 Å². The summed E-state index contributed by atoms with van der Waals surface area (Å²) in [4.78, 5) is 21.7. The Morgan fingerprint density at radius 1 is 1.56 bits per heavy atom. The van der Waals surface area contributed by atoms with Gasteiger partial charge in [-0.05, 0) is 18.6 Å². The van der Waals surface area contributed by atoms with Gasteiger partial charge in [0.15, 0.2) is 0 Å². The molecule has 0 N–H and O–H groups in total. The van der Waals surface area contributed by atoms with Gasteiger partial charge in [-0.1, -0.05) is 12.2 Å². The number of ether oxygens (including phenoxy) is 1. The first-order valence-electron chi connectivity index (χ1n) is 5.19. The van der Waals surface area contributed by atoms with E-state index in [1.807, 2.05) is 0 Å². The number of hydrogen-bond donors (Lipinski definition) is 0. The third-order valence-corrected chi connectivity index (χ3v) is 2.44. The summed E-state index contributed by atoms with van der Waals surface area (Å²) in [6.45, 7) is 0. The summed E-state index contributed by atoms with van der Waals surface area (Å²) in [6.07, 6.45) is 3.98. The van der Waals surface area contributed by atoms with Crippen molar-refractivity contribution < 1.29 is 14.5 Å². The number of rotatable bonds is 5. The average molecular weight is 270 g/mol. The van der Waals surface area contributed by atoms with Crippen LogP contribution in [0.25, 0.3) is 6.08 Å². The zero-order valence-electron chi connectivity index (χ0n) is 9.76. The van der Waals surface area contributed by atoms with Crippen molar-refractivity contribution in [3.05, 3.63) is 45.5 Å². The van der Waals surface area contributed by atoms with E-state index in [1.54, 1.807) is 12.2 Å². The van der Waals surface area contributed by atoms with Crippen LogP contribution in [0.5, 0.6) is 0 Å². The van der Waals surface area contributed by atoms with E-state index >= 15 is 0 Å². The first-order valence-corrected chi connectivity index (χ1v) is 5.73. The van der Waals surface area contributed by atoms with Gasteiger partial charge in [0, 0.05) is 11.9 Å². The second kappa shape index (κ2) is 6.76. The van der Waals surface area contributed by atoms with Crippen molar-refractivity contribution in [3.8, 4) is 0 Å². The maximum Gasteiger partial charge on any atom is 0.338 e. The van der Waals surface area contributed by atoms with E-state index in [0.717, 1.165) is 0 Å². The minimum atomic E-state index is -0.602. The van der Waals surface area contributed by atoms with E-state index in [2.05, 4.69) is 4.74 Å². The monoisotopic (exact) mass is 269 g/mol. The molecule has 0 saturated heterocycles. The average Bonchev–Trinajstić information content (AvgIpc) is 2.38. The van der Waals surface area contributed by atoms with Gasteiger partial charge in [-0.15, -0.1) is 11.6 Å². The van der Waals surface area contributed by atoms with Crippen molar-refractivity contribution in [2.45, 2.75) is 6.42 Å². The molecule has 0 unspecified atom stereocenters. The van der Waals surface area contributed by atoms with Gasteiger partial charge in [0.25, 0.3) is 5.69 Å². The number of carbonyl (C=O) groups excluding carboxylic acids is 1. The lowest BCUT2D eigenvalue weighted by atomic mass is 10.1. The van der Waals surface area contributed by atoms with Gasteiger partial charge in [-0.2, -0.15) is 0 Å². The number of alkyl halides is 1. The van der Waals surface area contributed by atoms with Crippen LogP contribution in [0.15, 0.2) is 24.3 Å². The van der Waals surface area contributed by atoms with E-state index in [-0.39, 0.29) is 11.3 Å². The normalized spacial score (nSPS) is 10.6. The quantitative estimate of drug-likeness (QED) is 0.357. The molecule has 1 aromatic carbocycles. The Balaban J connectivity index is 3.12. The molecule has 0 spiro atoms. The smallest absolute Gasteiger partial charge is 0.338 e. The van der Waals surface area contributed by atoms with E-state index in [9.17, 15) is 14.9 Å². The van der Waals surface area contributed by atoms with Crippen LogP contribution < -0.4 is 0 Å². The molecule has 0 atom stereocenters. The Bertz CT molecular complexity index is 485. The SMILES string of the molecule is COC(=O)c1ccc(C=CCCCl)c([N+](=O)[O-])c1. The molecular formula is C12H12ClNO4. The van der Waals surface area contributed by atoms with Crippen molar-refractivity contribution >= 4 is 29.3 Å². The summed E-state index contributed by atoms with van der Waals surface area (Å²) >= 11 is 5.51. The predicted octanol–water partition coefficient (Wildman–Crippen LogP) is 3.02. The molecule has 5 nitrogen and oxygen atoms in total. The predicted molar refractivity (Wildman–Crippen MR) is 68.8 cm³/mol. The number of nitro groups is 1. The molecule has 1 rings (SSSR count). The van der Waals surface area contributed by atoms with Gasteiger partial charge in [0.05, 0.1) is 23.2 Å². The van der Waals surface area contributed by atoms with Crippen LogP contribution in [0.2, 0.25) is 0 Å². The molecule has 0 aliphatic carbocycles. The van der Waals surface area contributed by atoms with Gasteiger partial charge < -0.3 is 4.74 Å². The van der Waals surface area contributed by atoms with E-state index in [0.29, 0.717) is 17.9 Å². The molecule has 6 heteroatoms. The molecule has 18 heavy (non-hydrogen) atoms. The molecule has 0 saturated carbocycles. The number of methoxy groups -OCH3 is 1. The molecule has 0 radical (unpaired) electrons. The standard InChI is InChI=1S/C12H12ClNO4/c1-18-12(15)10-6-5-9(4-2-3-7-13)11(8-10)14(16)17/h2,4-6,8H,3,7H2,1H3. The van der Waals surface area contributed by atoms with Gasteiger partial charge in [0.2, 0.25) is 0 Å². The fraction of sp³-hybridized carbons (Fsp3) is 0.250. The van der Waals surface area contributed by atoms with Gasteiger partial charge >= 0.3 is 5.97 Å². The topological polar surface area (TPSA) is 69.4 Å². The fourth-order valence-corrected chi connectivity index (χ4v) is 1.49. The maximum atomic E-state index is 11.3. The summed E-state index contributed by atoms with van der Waals surface area (Å²) in [6, 6.07) is 4.19. The molecule has 1 aromatic rings. The van der Waals surface area contributed by atoms with Crippen molar-refractivity contribution in [1.82, 2.24) is 0 Å². The lowest BCUT2D eigenvalue weighted by Gasteiger charge is -2.01. The Kier molecular flexibility index (Phi) is 5.32. The van der Waals surface area contributed by atoms with Gasteiger partial charge in [0.1, 0.15) is 0 Å². The second-order valence-corrected chi connectivity index (χ2v) is 3.78. The van der Waals surface area contributed by atoms with E-state index in [1.165, 1.54) is 25.3 Å². The number of nitrogens with zero attached hydrogens (tertiary/aromatic N) is 1. The minimum absolute atomic E-state index is 0.135. The Morgan fingerprint density at radius 2 is 2.28 bits per heavy atom. The third-order valence-electron chi connectivity index (χ3n) is 2.22. The number of allylic oxidation sites excluding steroid dienone is 1. The number of halogens is 1. The number of benzene rings is 1. The molecule has 0 aliphatic rings. The lowest BCUT2D eigenvalue weighted by molar-refractivity contribution is -0.385. The molecule has 96 valence electrons. The second-order valence-electron chi connectivity index (χ2n) is 3.40.